The van der Waals surface area contributed by atoms with Crippen molar-refractivity contribution >= 4 is 25.6 Å². The van der Waals surface area contributed by atoms with Crippen LogP contribution in [0, 0.1) is 11.3 Å². The molecule has 1 amide bonds. The lowest BCUT2D eigenvalue weighted by Gasteiger charge is -2.43. The second-order valence-electron chi connectivity index (χ2n) is 11.5. The summed E-state index contributed by atoms with van der Waals surface area (Å²) in [4.78, 5) is 20.4. The van der Waals surface area contributed by atoms with Crippen LogP contribution in [0.15, 0.2) is 29.6 Å². The summed E-state index contributed by atoms with van der Waals surface area (Å²) in [6.07, 6.45) is 6.55. The number of nitrogens with zero attached hydrogens (tertiary/aromatic N) is 2. The molecular formula is C26H34N2O3SSi. The summed E-state index contributed by atoms with van der Waals surface area (Å²) >= 11 is 1.65. The summed E-state index contributed by atoms with van der Waals surface area (Å²) in [6, 6.07) is 8.59. The molecule has 1 aliphatic heterocycles. The Morgan fingerprint density at radius 1 is 1.21 bits per heavy atom. The highest BCUT2D eigenvalue weighted by Crippen LogP contribution is 2.59. The molecule has 1 saturated heterocycles. The number of aromatic nitrogens is 1. The van der Waals surface area contributed by atoms with E-state index in [4.69, 9.17) is 14.1 Å². The number of benzene rings is 1. The molecule has 4 saturated carbocycles. The number of hydrogen-bond acceptors (Lipinski definition) is 5. The number of morpholine rings is 1. The number of fused-ring (bicyclic) bond motifs is 1. The molecule has 7 heteroatoms. The van der Waals surface area contributed by atoms with Gasteiger partial charge in [-0.1, -0.05) is 24.3 Å². The minimum atomic E-state index is -1.67. The zero-order valence-corrected chi connectivity index (χ0v) is 21.7. The van der Waals surface area contributed by atoms with Crippen LogP contribution < -0.4 is 0 Å². The molecule has 0 spiro atoms. The third-order valence-corrected chi connectivity index (χ3v) is 9.83. The SMILES string of the molecule is C[Si](C)(C)OC1(c2ccccc2-c2csc([C@H]3CN(C(=O)C45CCC(C4)C5)CCO3)n2)CC1. The van der Waals surface area contributed by atoms with Crippen LogP contribution in [-0.2, 0) is 19.6 Å². The molecule has 0 radical (unpaired) electrons. The molecule has 7 rings (SSSR count). The molecule has 1 aromatic heterocycles. The first-order valence-electron chi connectivity index (χ1n) is 12.4. The van der Waals surface area contributed by atoms with Crippen LogP contribution in [0.3, 0.4) is 0 Å². The molecule has 176 valence electrons. The van der Waals surface area contributed by atoms with Gasteiger partial charge in [0.2, 0.25) is 5.91 Å². The smallest absolute Gasteiger partial charge is 0.228 e. The van der Waals surface area contributed by atoms with Gasteiger partial charge in [0.15, 0.2) is 8.32 Å². The van der Waals surface area contributed by atoms with E-state index >= 15 is 0 Å². The molecule has 5 fully saturated rings. The van der Waals surface area contributed by atoms with Crippen LogP contribution in [0.25, 0.3) is 11.3 Å². The van der Waals surface area contributed by atoms with Crippen LogP contribution in [0.5, 0.6) is 0 Å². The third kappa shape index (κ3) is 3.91. The minimum Gasteiger partial charge on any atom is -0.408 e. The molecule has 1 aromatic carbocycles. The van der Waals surface area contributed by atoms with Gasteiger partial charge in [0, 0.05) is 22.9 Å². The predicted molar refractivity (Wildman–Crippen MR) is 133 cm³/mol. The average molecular weight is 483 g/mol. The number of carbonyl (C=O) groups is 1. The minimum absolute atomic E-state index is 0.0471. The summed E-state index contributed by atoms with van der Waals surface area (Å²) in [5, 5.41) is 3.12. The lowest BCUT2D eigenvalue weighted by atomic mass is 9.68. The van der Waals surface area contributed by atoms with E-state index in [1.165, 1.54) is 17.5 Å². The van der Waals surface area contributed by atoms with E-state index < -0.39 is 8.32 Å². The topological polar surface area (TPSA) is 51.7 Å². The van der Waals surface area contributed by atoms with Gasteiger partial charge < -0.3 is 14.1 Å². The lowest BCUT2D eigenvalue weighted by Crippen LogP contribution is -2.51. The van der Waals surface area contributed by atoms with Crippen LogP contribution in [-0.4, -0.2) is 43.8 Å². The van der Waals surface area contributed by atoms with Gasteiger partial charge in [0.1, 0.15) is 11.1 Å². The first-order chi connectivity index (χ1) is 15.8. The fourth-order valence-corrected chi connectivity index (χ4v) is 8.67. The Kier molecular flexibility index (Phi) is 5.15. The van der Waals surface area contributed by atoms with E-state index in [1.807, 2.05) is 0 Å². The summed E-state index contributed by atoms with van der Waals surface area (Å²) < 4.78 is 12.8. The zero-order chi connectivity index (χ0) is 22.8. The van der Waals surface area contributed by atoms with Crippen LogP contribution in [0.2, 0.25) is 19.6 Å². The van der Waals surface area contributed by atoms with E-state index in [0.717, 1.165) is 48.7 Å². The van der Waals surface area contributed by atoms with Crippen molar-refractivity contribution in [2.75, 3.05) is 19.7 Å². The number of amides is 1. The Morgan fingerprint density at radius 2 is 2.00 bits per heavy atom. The fourth-order valence-electron chi connectivity index (χ4n) is 6.32. The van der Waals surface area contributed by atoms with Crippen LogP contribution in [0.1, 0.15) is 55.2 Å². The zero-order valence-electron chi connectivity index (χ0n) is 19.9. The van der Waals surface area contributed by atoms with Crippen molar-refractivity contribution < 1.29 is 14.0 Å². The van der Waals surface area contributed by atoms with Crippen molar-refractivity contribution in [2.24, 2.45) is 11.3 Å². The van der Waals surface area contributed by atoms with E-state index in [2.05, 4.69) is 54.2 Å². The number of rotatable bonds is 6. The average Bonchev–Trinajstić information content (AvgIpc) is 3.18. The number of hydrogen-bond donors (Lipinski definition) is 0. The van der Waals surface area contributed by atoms with E-state index in [0.29, 0.717) is 25.6 Å². The van der Waals surface area contributed by atoms with Gasteiger partial charge in [-0.05, 0) is 69.6 Å². The Morgan fingerprint density at radius 3 is 2.70 bits per heavy atom. The molecule has 4 aliphatic carbocycles. The van der Waals surface area contributed by atoms with E-state index in [9.17, 15) is 4.79 Å². The van der Waals surface area contributed by atoms with Gasteiger partial charge in [0.05, 0.1) is 24.4 Å². The largest absolute Gasteiger partial charge is 0.408 e. The monoisotopic (exact) mass is 482 g/mol. The lowest BCUT2D eigenvalue weighted by molar-refractivity contribution is -0.154. The standard InChI is InChI=1S/C26H34N2O3SSi/c1-33(2,3)31-26(10-11-26)20-7-5-4-6-19(20)21-17-32-23(27-21)22-16-28(12-13-30-22)24(29)25-9-8-18(14-25)15-25/h4-7,17-18,22H,8-16H2,1-3H3/t18?,22-,25?/m1/s1. The molecule has 0 unspecified atom stereocenters. The maximum Gasteiger partial charge on any atom is 0.228 e. The van der Waals surface area contributed by atoms with Gasteiger partial charge in [-0.25, -0.2) is 4.98 Å². The van der Waals surface area contributed by atoms with Crippen molar-refractivity contribution in [3.8, 4) is 11.3 Å². The van der Waals surface area contributed by atoms with Gasteiger partial charge >= 0.3 is 0 Å². The summed E-state index contributed by atoms with van der Waals surface area (Å²) in [5.74, 6) is 1.16. The van der Waals surface area contributed by atoms with Crippen molar-refractivity contribution in [1.29, 1.82) is 0 Å². The summed E-state index contributed by atoms with van der Waals surface area (Å²) in [7, 11) is -1.67. The number of thiazole rings is 1. The maximum absolute atomic E-state index is 13.3. The highest BCUT2D eigenvalue weighted by molar-refractivity contribution is 7.10. The van der Waals surface area contributed by atoms with Crippen molar-refractivity contribution in [3.63, 3.8) is 0 Å². The summed E-state index contributed by atoms with van der Waals surface area (Å²) in [5.41, 5.74) is 3.25. The molecule has 2 aromatic rings. The number of carbonyl (C=O) groups excluding carboxylic acids is 1. The molecular weight excluding hydrogens is 448 g/mol. The molecule has 2 heterocycles. The maximum atomic E-state index is 13.3. The Balaban J connectivity index is 1.22. The van der Waals surface area contributed by atoms with Gasteiger partial charge in [-0.3, -0.25) is 4.79 Å². The van der Waals surface area contributed by atoms with Crippen molar-refractivity contribution in [2.45, 2.75) is 69.9 Å². The normalized spacial score (nSPS) is 30.2. The van der Waals surface area contributed by atoms with E-state index in [1.54, 1.807) is 11.3 Å². The van der Waals surface area contributed by atoms with E-state index in [-0.39, 0.29) is 17.1 Å². The first kappa shape index (κ1) is 22.0. The quantitative estimate of drug-likeness (QED) is 0.493. The van der Waals surface area contributed by atoms with Gasteiger partial charge in [0.25, 0.3) is 0 Å². The fraction of sp³-hybridized carbons (Fsp3) is 0.615. The molecule has 0 N–H and O–H groups in total. The van der Waals surface area contributed by atoms with Crippen molar-refractivity contribution in [3.05, 3.63) is 40.2 Å². The highest BCUT2D eigenvalue weighted by atomic mass is 32.1. The Hall–Kier alpha value is -1.54. The van der Waals surface area contributed by atoms with Gasteiger partial charge in [-0.2, -0.15) is 0 Å². The van der Waals surface area contributed by atoms with Crippen molar-refractivity contribution in [1.82, 2.24) is 9.88 Å². The van der Waals surface area contributed by atoms with Crippen LogP contribution in [0.4, 0.5) is 0 Å². The molecule has 5 nitrogen and oxygen atoms in total. The first-order valence-corrected chi connectivity index (χ1v) is 16.7. The molecule has 5 aliphatic rings. The van der Waals surface area contributed by atoms with Crippen LogP contribution >= 0.6 is 11.3 Å². The Labute approximate surface area is 201 Å². The molecule has 33 heavy (non-hydrogen) atoms. The molecule has 1 atom stereocenters. The highest BCUT2D eigenvalue weighted by Gasteiger charge is 2.56. The number of ether oxygens (including phenoxy) is 1. The Bertz CT molecular complexity index is 1060. The summed E-state index contributed by atoms with van der Waals surface area (Å²) in [6.45, 7) is 8.72. The second kappa shape index (κ2) is 7.73. The molecule has 2 bridgehead atoms. The second-order valence-corrected chi connectivity index (χ2v) is 16.8. The third-order valence-electron chi connectivity index (χ3n) is 7.89. The predicted octanol–water partition coefficient (Wildman–Crippen LogP) is 5.74. The van der Waals surface area contributed by atoms with Gasteiger partial charge in [-0.15, -0.1) is 11.3 Å².